The van der Waals surface area contributed by atoms with Crippen molar-refractivity contribution < 1.29 is 23.5 Å². The number of urea groups is 1. The minimum atomic E-state index is -0.928. The number of methoxy groups -OCH3 is 1. The SMILES string of the molecule is COc1ccc(NC(=O)C[C@@H]2C(=O)N(c3ccc(F)cc3)C(=O)N2CC(C)C)cc1. The van der Waals surface area contributed by atoms with Gasteiger partial charge in [0.15, 0.2) is 0 Å². The Labute approximate surface area is 174 Å². The molecule has 0 aromatic heterocycles. The number of rotatable bonds is 7. The molecule has 1 fully saturated rings. The van der Waals surface area contributed by atoms with Crippen molar-refractivity contribution in [3.05, 3.63) is 54.3 Å². The number of nitrogens with one attached hydrogen (secondary N) is 1. The Hall–Kier alpha value is -3.42. The van der Waals surface area contributed by atoms with Crippen molar-refractivity contribution in [1.82, 2.24) is 4.90 Å². The van der Waals surface area contributed by atoms with Crippen molar-refractivity contribution in [2.75, 3.05) is 23.9 Å². The minimum Gasteiger partial charge on any atom is -0.497 e. The third-order valence-electron chi connectivity index (χ3n) is 4.72. The summed E-state index contributed by atoms with van der Waals surface area (Å²) in [6.45, 7) is 4.17. The highest BCUT2D eigenvalue weighted by atomic mass is 19.1. The Morgan fingerprint density at radius 1 is 1.10 bits per heavy atom. The highest BCUT2D eigenvalue weighted by Crippen LogP contribution is 2.28. The number of amides is 4. The first-order valence-corrected chi connectivity index (χ1v) is 9.64. The van der Waals surface area contributed by atoms with E-state index >= 15 is 0 Å². The Morgan fingerprint density at radius 2 is 1.73 bits per heavy atom. The second kappa shape index (κ2) is 8.94. The van der Waals surface area contributed by atoms with Gasteiger partial charge in [-0.25, -0.2) is 14.1 Å². The molecule has 1 aliphatic heterocycles. The van der Waals surface area contributed by atoms with Gasteiger partial charge in [-0.15, -0.1) is 0 Å². The molecule has 158 valence electrons. The lowest BCUT2D eigenvalue weighted by Gasteiger charge is -2.23. The van der Waals surface area contributed by atoms with Crippen LogP contribution in [-0.4, -0.2) is 42.4 Å². The van der Waals surface area contributed by atoms with E-state index in [-0.39, 0.29) is 23.9 Å². The Bertz CT molecular complexity index is 928. The zero-order valence-corrected chi connectivity index (χ0v) is 17.1. The molecule has 30 heavy (non-hydrogen) atoms. The van der Waals surface area contributed by atoms with Gasteiger partial charge in [0.2, 0.25) is 5.91 Å². The maximum absolute atomic E-state index is 13.3. The highest BCUT2D eigenvalue weighted by molar-refractivity contribution is 6.22. The van der Waals surface area contributed by atoms with Gasteiger partial charge in [0.1, 0.15) is 17.6 Å². The number of carbonyl (C=O) groups excluding carboxylic acids is 3. The van der Waals surface area contributed by atoms with Crippen LogP contribution in [0.1, 0.15) is 20.3 Å². The lowest BCUT2D eigenvalue weighted by atomic mass is 10.1. The molecule has 1 aliphatic rings. The van der Waals surface area contributed by atoms with Gasteiger partial charge < -0.3 is 15.0 Å². The van der Waals surface area contributed by atoms with Crippen LogP contribution in [0.2, 0.25) is 0 Å². The summed E-state index contributed by atoms with van der Waals surface area (Å²) in [5.41, 5.74) is 0.835. The lowest BCUT2D eigenvalue weighted by molar-refractivity contribution is -0.124. The number of benzene rings is 2. The van der Waals surface area contributed by atoms with Crippen molar-refractivity contribution in [3.63, 3.8) is 0 Å². The molecule has 2 aromatic carbocycles. The van der Waals surface area contributed by atoms with Crippen LogP contribution in [0.5, 0.6) is 5.75 Å². The van der Waals surface area contributed by atoms with Crippen molar-refractivity contribution in [1.29, 1.82) is 0 Å². The van der Waals surface area contributed by atoms with Crippen LogP contribution in [0.15, 0.2) is 48.5 Å². The summed E-state index contributed by atoms with van der Waals surface area (Å²) in [6.07, 6.45) is -0.180. The summed E-state index contributed by atoms with van der Waals surface area (Å²) in [4.78, 5) is 41.0. The normalized spacial score (nSPS) is 16.4. The number of carbonyl (C=O) groups is 3. The third-order valence-corrected chi connectivity index (χ3v) is 4.72. The zero-order chi connectivity index (χ0) is 21.8. The van der Waals surface area contributed by atoms with Gasteiger partial charge in [0.25, 0.3) is 5.91 Å². The summed E-state index contributed by atoms with van der Waals surface area (Å²) in [7, 11) is 1.55. The Morgan fingerprint density at radius 3 is 2.30 bits per heavy atom. The molecule has 0 bridgehead atoms. The van der Waals surface area contributed by atoms with E-state index in [4.69, 9.17) is 4.74 Å². The average Bonchev–Trinajstić information content (AvgIpc) is 2.93. The second-order valence-corrected chi connectivity index (χ2v) is 7.48. The number of nitrogens with zero attached hydrogens (tertiary/aromatic N) is 2. The molecule has 0 unspecified atom stereocenters. The molecule has 2 aromatic rings. The van der Waals surface area contributed by atoms with E-state index in [0.717, 1.165) is 4.90 Å². The quantitative estimate of drug-likeness (QED) is 0.703. The fourth-order valence-corrected chi connectivity index (χ4v) is 3.32. The number of hydrogen-bond acceptors (Lipinski definition) is 4. The average molecular weight is 413 g/mol. The lowest BCUT2D eigenvalue weighted by Crippen LogP contribution is -2.40. The van der Waals surface area contributed by atoms with E-state index in [1.807, 2.05) is 13.8 Å². The van der Waals surface area contributed by atoms with Crippen molar-refractivity contribution in [2.24, 2.45) is 5.92 Å². The van der Waals surface area contributed by atoms with Crippen LogP contribution in [0, 0.1) is 11.7 Å². The van der Waals surface area contributed by atoms with Gasteiger partial charge in [0.05, 0.1) is 19.2 Å². The maximum Gasteiger partial charge on any atom is 0.332 e. The van der Waals surface area contributed by atoms with E-state index in [1.54, 1.807) is 31.4 Å². The van der Waals surface area contributed by atoms with Crippen LogP contribution in [0.25, 0.3) is 0 Å². The van der Waals surface area contributed by atoms with E-state index in [2.05, 4.69) is 5.32 Å². The predicted octanol–water partition coefficient (Wildman–Crippen LogP) is 3.66. The third kappa shape index (κ3) is 4.59. The molecule has 0 aliphatic carbocycles. The number of ether oxygens (including phenoxy) is 1. The maximum atomic E-state index is 13.3. The first kappa shape index (κ1) is 21.3. The molecule has 3 rings (SSSR count). The van der Waals surface area contributed by atoms with Gasteiger partial charge in [-0.3, -0.25) is 9.59 Å². The topological polar surface area (TPSA) is 79.0 Å². The smallest absolute Gasteiger partial charge is 0.332 e. The monoisotopic (exact) mass is 413 g/mol. The molecule has 1 heterocycles. The van der Waals surface area contributed by atoms with Gasteiger partial charge in [-0.1, -0.05) is 13.8 Å². The molecule has 1 atom stereocenters. The predicted molar refractivity (Wildman–Crippen MR) is 111 cm³/mol. The minimum absolute atomic E-state index is 0.0991. The van der Waals surface area contributed by atoms with E-state index in [0.29, 0.717) is 18.0 Å². The van der Waals surface area contributed by atoms with Gasteiger partial charge in [-0.2, -0.15) is 0 Å². The zero-order valence-electron chi connectivity index (χ0n) is 17.1. The molecular weight excluding hydrogens is 389 g/mol. The second-order valence-electron chi connectivity index (χ2n) is 7.48. The number of hydrogen-bond donors (Lipinski definition) is 1. The standard InChI is InChI=1S/C22H24FN3O4/c1-14(2)13-25-19(12-20(27)24-16-6-10-18(30-3)11-7-16)21(28)26(22(25)29)17-8-4-15(23)5-9-17/h4-11,14,19H,12-13H2,1-3H3,(H,24,27)/t19-/m1/s1. The molecule has 1 N–H and O–H groups in total. The summed E-state index contributed by atoms with van der Waals surface area (Å²) in [6, 6.07) is 10.5. The molecular formula is C22H24FN3O4. The van der Waals surface area contributed by atoms with Gasteiger partial charge in [-0.05, 0) is 54.4 Å². The van der Waals surface area contributed by atoms with Crippen LogP contribution in [0.3, 0.4) is 0 Å². The van der Waals surface area contributed by atoms with E-state index in [9.17, 15) is 18.8 Å². The van der Waals surface area contributed by atoms with Crippen molar-refractivity contribution in [2.45, 2.75) is 26.3 Å². The number of anilines is 2. The van der Waals surface area contributed by atoms with Crippen LogP contribution < -0.4 is 15.0 Å². The molecule has 0 radical (unpaired) electrons. The van der Waals surface area contributed by atoms with Crippen LogP contribution in [0.4, 0.5) is 20.6 Å². The molecule has 8 heteroatoms. The summed E-state index contributed by atoms with van der Waals surface area (Å²) in [5, 5.41) is 2.74. The van der Waals surface area contributed by atoms with Crippen LogP contribution >= 0.6 is 0 Å². The first-order chi connectivity index (χ1) is 14.3. The van der Waals surface area contributed by atoms with Gasteiger partial charge in [0, 0.05) is 12.2 Å². The summed E-state index contributed by atoms with van der Waals surface area (Å²) >= 11 is 0. The van der Waals surface area contributed by atoms with E-state index in [1.165, 1.54) is 29.2 Å². The molecule has 7 nitrogen and oxygen atoms in total. The van der Waals surface area contributed by atoms with Crippen molar-refractivity contribution in [3.8, 4) is 5.75 Å². The largest absolute Gasteiger partial charge is 0.497 e. The highest BCUT2D eigenvalue weighted by Gasteiger charge is 2.46. The fourth-order valence-electron chi connectivity index (χ4n) is 3.32. The van der Waals surface area contributed by atoms with Crippen LogP contribution in [-0.2, 0) is 9.59 Å². The first-order valence-electron chi connectivity index (χ1n) is 9.64. The molecule has 0 saturated carbocycles. The van der Waals surface area contributed by atoms with Gasteiger partial charge >= 0.3 is 6.03 Å². The fraction of sp³-hybridized carbons (Fsp3) is 0.318. The summed E-state index contributed by atoms with van der Waals surface area (Å²) < 4.78 is 18.3. The van der Waals surface area contributed by atoms with Crippen molar-refractivity contribution >= 4 is 29.2 Å². The Kier molecular flexibility index (Phi) is 6.34. The number of halogens is 1. The molecule has 4 amide bonds. The summed E-state index contributed by atoms with van der Waals surface area (Å²) in [5.74, 6) is -0.602. The van der Waals surface area contributed by atoms with E-state index < -0.39 is 23.8 Å². The Balaban J connectivity index is 1.79. The number of imide groups is 1. The molecule has 1 saturated heterocycles. The molecule has 0 spiro atoms.